The Bertz CT molecular complexity index is 716. The smallest absolute Gasteiger partial charge is 0.410 e. The second-order valence-electron chi connectivity index (χ2n) is 9.28. The van der Waals surface area contributed by atoms with E-state index >= 15 is 0 Å². The maximum absolute atomic E-state index is 12.4. The Morgan fingerprint density at radius 3 is 2.52 bits per heavy atom. The molecule has 1 aliphatic rings. The maximum Gasteiger partial charge on any atom is 0.410 e. The first-order valence-corrected chi connectivity index (χ1v) is 10.8. The van der Waals surface area contributed by atoms with Crippen LogP contribution >= 0.6 is 0 Å². The largest absolute Gasteiger partial charge is 0.444 e. The van der Waals surface area contributed by atoms with E-state index < -0.39 is 23.2 Å². The van der Waals surface area contributed by atoms with E-state index in [9.17, 15) is 14.8 Å². The molecule has 0 radical (unpaired) electrons. The van der Waals surface area contributed by atoms with Crippen LogP contribution in [-0.4, -0.2) is 60.7 Å². The van der Waals surface area contributed by atoms with E-state index in [1.807, 2.05) is 38.1 Å². The summed E-state index contributed by atoms with van der Waals surface area (Å²) in [5.41, 5.74) is -0.163. The molecule has 1 aromatic rings. The van der Waals surface area contributed by atoms with Crippen LogP contribution in [-0.2, 0) is 26.4 Å². The predicted molar refractivity (Wildman–Crippen MR) is 118 cm³/mol. The Labute approximate surface area is 184 Å². The number of rotatable bonds is 9. The van der Waals surface area contributed by atoms with Gasteiger partial charge in [0.25, 0.3) is 0 Å². The topological polar surface area (TPSA) is 97.7 Å². The van der Waals surface area contributed by atoms with E-state index in [0.717, 1.165) is 5.56 Å². The van der Waals surface area contributed by atoms with Crippen molar-refractivity contribution in [3.8, 4) is 0 Å². The third kappa shape index (κ3) is 7.55. The molecule has 2 rings (SSSR count). The Kier molecular flexibility index (Phi) is 8.97. The van der Waals surface area contributed by atoms with E-state index in [1.54, 1.807) is 20.8 Å². The van der Waals surface area contributed by atoms with Gasteiger partial charge in [0, 0.05) is 19.0 Å². The quantitative estimate of drug-likeness (QED) is 0.467. The molecule has 2 atom stereocenters. The lowest BCUT2D eigenvalue weighted by molar-refractivity contribution is -0.0763. The Morgan fingerprint density at radius 1 is 1.26 bits per heavy atom. The molecule has 8 heteroatoms. The predicted octanol–water partition coefficient (Wildman–Crippen LogP) is 3.84. The minimum Gasteiger partial charge on any atom is -0.444 e. The van der Waals surface area contributed by atoms with Crippen LogP contribution in [0.5, 0.6) is 0 Å². The Morgan fingerprint density at radius 2 is 1.94 bits per heavy atom. The fraction of sp³-hybridized carbons (Fsp3) is 0.696. The number of carbonyl (C=O) groups is 1. The van der Waals surface area contributed by atoms with Gasteiger partial charge in [0.05, 0.1) is 38.1 Å². The molecule has 0 aliphatic carbocycles. The summed E-state index contributed by atoms with van der Waals surface area (Å²) in [7, 11) is 0. The van der Waals surface area contributed by atoms with E-state index in [4.69, 9.17) is 14.2 Å². The Hall–Kier alpha value is -2.03. The number of piperidine rings is 1. The van der Waals surface area contributed by atoms with Gasteiger partial charge >= 0.3 is 6.09 Å². The zero-order valence-electron chi connectivity index (χ0n) is 19.3. The zero-order chi connectivity index (χ0) is 23.1. The summed E-state index contributed by atoms with van der Waals surface area (Å²) in [6.07, 6.45) is 0.0352. The number of amides is 1. The Balaban J connectivity index is 2.01. The molecule has 0 unspecified atom stereocenters. The maximum atomic E-state index is 12.4. The zero-order valence-corrected chi connectivity index (χ0v) is 19.3. The van der Waals surface area contributed by atoms with Gasteiger partial charge in [-0.1, -0.05) is 29.4 Å². The van der Waals surface area contributed by atoms with Crippen molar-refractivity contribution >= 4 is 6.09 Å². The van der Waals surface area contributed by atoms with Gasteiger partial charge in [-0.25, -0.2) is 4.79 Å². The lowest BCUT2D eigenvalue weighted by Crippen LogP contribution is -2.53. The molecule has 8 nitrogen and oxygen atoms in total. The monoisotopic (exact) mass is 436 g/mol. The number of hydrogen-bond donors (Lipinski definition) is 1. The fourth-order valence-electron chi connectivity index (χ4n) is 3.61. The van der Waals surface area contributed by atoms with E-state index in [2.05, 4.69) is 5.18 Å². The van der Waals surface area contributed by atoms with Crippen molar-refractivity contribution in [3.63, 3.8) is 0 Å². The highest BCUT2D eigenvalue weighted by atomic mass is 16.6. The molecule has 1 saturated heterocycles. The molecule has 0 aromatic heterocycles. The van der Waals surface area contributed by atoms with Gasteiger partial charge in [0.15, 0.2) is 0 Å². The lowest BCUT2D eigenvalue weighted by Gasteiger charge is -2.44. The summed E-state index contributed by atoms with van der Waals surface area (Å²) in [6.45, 7) is 11.3. The van der Waals surface area contributed by atoms with Crippen molar-refractivity contribution in [2.75, 3.05) is 32.8 Å². The van der Waals surface area contributed by atoms with Crippen LogP contribution in [0.3, 0.4) is 0 Å². The molecule has 0 bridgehead atoms. The first-order chi connectivity index (χ1) is 14.5. The average Bonchev–Trinajstić information content (AvgIpc) is 2.68. The van der Waals surface area contributed by atoms with Gasteiger partial charge in [-0.15, -0.1) is 0 Å². The number of nitroso groups, excluding NO2 is 1. The minimum absolute atomic E-state index is 0.0868. The van der Waals surface area contributed by atoms with Crippen LogP contribution in [0, 0.1) is 10.8 Å². The van der Waals surface area contributed by atoms with Crippen molar-refractivity contribution in [1.29, 1.82) is 0 Å². The van der Waals surface area contributed by atoms with Gasteiger partial charge in [-0.3, -0.25) is 0 Å². The SMILES string of the molecule is CC(C)OCCOCc1ccc([C@@]2(O)CCN(C(=O)OC(C)(C)C)C[C@@H]2CN=O)cc1. The minimum atomic E-state index is -1.24. The molecule has 1 fully saturated rings. The first-order valence-electron chi connectivity index (χ1n) is 10.8. The fourth-order valence-corrected chi connectivity index (χ4v) is 3.61. The molecule has 31 heavy (non-hydrogen) atoms. The van der Waals surface area contributed by atoms with Crippen LogP contribution in [0.4, 0.5) is 4.79 Å². The highest BCUT2D eigenvalue weighted by Crippen LogP contribution is 2.38. The van der Waals surface area contributed by atoms with Crippen molar-refractivity contribution in [2.45, 2.75) is 65.0 Å². The van der Waals surface area contributed by atoms with Crippen LogP contribution in [0.15, 0.2) is 29.4 Å². The van der Waals surface area contributed by atoms with Gasteiger partial charge in [-0.2, -0.15) is 4.91 Å². The molecular formula is C23H36N2O6. The number of aliphatic hydroxyl groups is 1. The number of hydrogen-bond acceptors (Lipinski definition) is 7. The van der Waals surface area contributed by atoms with Gasteiger partial charge in [-0.05, 0) is 52.2 Å². The van der Waals surface area contributed by atoms with E-state index in [0.29, 0.717) is 38.3 Å². The second kappa shape index (κ2) is 11.0. The number of benzene rings is 1. The molecular weight excluding hydrogens is 400 g/mol. The van der Waals surface area contributed by atoms with Crippen LogP contribution < -0.4 is 0 Å². The molecule has 0 spiro atoms. The summed E-state index contributed by atoms with van der Waals surface area (Å²) < 4.78 is 16.5. The highest BCUT2D eigenvalue weighted by Gasteiger charge is 2.44. The van der Waals surface area contributed by atoms with Crippen LogP contribution in [0.1, 0.15) is 52.2 Å². The summed E-state index contributed by atoms with van der Waals surface area (Å²) in [5.74, 6) is -0.512. The lowest BCUT2D eigenvalue weighted by atomic mass is 9.76. The number of ether oxygens (including phenoxy) is 3. The highest BCUT2D eigenvalue weighted by molar-refractivity contribution is 5.68. The third-order valence-corrected chi connectivity index (χ3v) is 5.23. The summed E-state index contributed by atoms with van der Waals surface area (Å²) in [5, 5.41) is 14.4. The number of carbonyl (C=O) groups excluding carboxylic acids is 1. The van der Waals surface area contributed by atoms with E-state index in [1.165, 1.54) is 4.90 Å². The second-order valence-corrected chi connectivity index (χ2v) is 9.28. The summed E-state index contributed by atoms with van der Waals surface area (Å²) in [6, 6.07) is 7.51. The molecule has 1 N–H and O–H groups in total. The van der Waals surface area contributed by atoms with Crippen molar-refractivity contribution < 1.29 is 24.1 Å². The molecule has 1 aromatic carbocycles. The van der Waals surface area contributed by atoms with Crippen LogP contribution in [0.2, 0.25) is 0 Å². The number of nitrogens with zero attached hydrogens (tertiary/aromatic N) is 2. The molecule has 0 saturated carbocycles. The summed E-state index contributed by atoms with van der Waals surface area (Å²) in [4.78, 5) is 25.0. The van der Waals surface area contributed by atoms with E-state index in [-0.39, 0.29) is 19.2 Å². The average molecular weight is 437 g/mol. The molecule has 1 aliphatic heterocycles. The third-order valence-electron chi connectivity index (χ3n) is 5.23. The van der Waals surface area contributed by atoms with Crippen molar-refractivity contribution in [3.05, 3.63) is 40.3 Å². The van der Waals surface area contributed by atoms with Crippen molar-refractivity contribution in [2.24, 2.45) is 11.1 Å². The van der Waals surface area contributed by atoms with Gasteiger partial charge < -0.3 is 24.2 Å². The van der Waals surface area contributed by atoms with Gasteiger partial charge in [0.1, 0.15) is 5.60 Å². The van der Waals surface area contributed by atoms with Crippen molar-refractivity contribution in [1.82, 2.24) is 4.90 Å². The van der Waals surface area contributed by atoms with Gasteiger partial charge in [0.2, 0.25) is 0 Å². The first kappa shape index (κ1) is 25.2. The van der Waals surface area contributed by atoms with Crippen LogP contribution in [0.25, 0.3) is 0 Å². The molecule has 1 amide bonds. The molecule has 174 valence electrons. The normalized spacial score (nSPS) is 21.9. The standard InChI is InChI=1S/C23H36N2O6/c1-17(2)30-13-12-29-16-18-6-8-19(9-7-18)23(27)10-11-25(15-20(23)14-24-28)21(26)31-22(3,4)5/h6-9,17,20,27H,10-16H2,1-5H3/t20-,23-/m0/s1. The molecule has 1 heterocycles. The summed E-state index contributed by atoms with van der Waals surface area (Å²) >= 11 is 0. The number of likely N-dealkylation sites (tertiary alicyclic amines) is 1.